The Morgan fingerprint density at radius 2 is 1.68 bits per heavy atom. The Morgan fingerprint density at radius 1 is 1.14 bits per heavy atom. The molecule has 1 aromatic carbocycles. The monoisotopic (exact) mass is 321 g/mol. The Balaban J connectivity index is 2.18. The van der Waals surface area contributed by atoms with E-state index in [1.807, 2.05) is 0 Å². The van der Waals surface area contributed by atoms with E-state index < -0.39 is 23.1 Å². The summed E-state index contributed by atoms with van der Waals surface area (Å²) in [4.78, 5) is 36.2. The lowest BCUT2D eigenvalue weighted by molar-refractivity contribution is -0.153. The summed E-state index contributed by atoms with van der Waals surface area (Å²) in [6, 6.07) is 6.42. The number of halogens is 1. The summed E-state index contributed by atoms with van der Waals surface area (Å²) in [5.41, 5.74) is -0.171. The van der Waals surface area contributed by atoms with Crippen LogP contribution in [-0.4, -0.2) is 29.7 Å². The Hall–Kier alpha value is -2.14. The number of allylic oxidation sites excluding steroid dienone is 2. The van der Waals surface area contributed by atoms with Gasteiger partial charge >= 0.3 is 5.97 Å². The zero-order valence-electron chi connectivity index (χ0n) is 12.5. The third-order valence-corrected chi connectivity index (χ3v) is 3.25. The van der Waals surface area contributed by atoms with Crippen molar-refractivity contribution in [1.82, 2.24) is 5.32 Å². The van der Waals surface area contributed by atoms with Crippen LogP contribution in [-0.2, 0) is 9.53 Å². The zero-order valence-corrected chi connectivity index (χ0v) is 13.3. The molecule has 0 aromatic heterocycles. The number of carbonyl (C=O) groups excluding carboxylic acids is 3. The molecule has 0 spiro atoms. The number of hydrogen-bond acceptors (Lipinski definition) is 5. The summed E-state index contributed by atoms with van der Waals surface area (Å²) in [5, 5.41) is 2.40. The highest BCUT2D eigenvalue weighted by atomic mass is 35.5. The van der Waals surface area contributed by atoms with Crippen LogP contribution in [0.25, 0.3) is 0 Å². The van der Waals surface area contributed by atoms with Gasteiger partial charge in [-0.3, -0.25) is 14.4 Å². The fraction of sp³-hybridized carbons (Fsp3) is 0.312. The average Bonchev–Trinajstić information content (AvgIpc) is 2.43. The van der Waals surface area contributed by atoms with Crippen molar-refractivity contribution < 1.29 is 19.1 Å². The summed E-state index contributed by atoms with van der Waals surface area (Å²) in [6.07, 6.45) is 0. The van der Waals surface area contributed by atoms with Gasteiger partial charge in [-0.15, -0.1) is 0 Å². The maximum atomic E-state index is 12.4. The maximum absolute atomic E-state index is 12.4. The number of benzene rings is 1. The van der Waals surface area contributed by atoms with Gasteiger partial charge < -0.3 is 10.1 Å². The van der Waals surface area contributed by atoms with Gasteiger partial charge in [0, 0.05) is 11.1 Å². The van der Waals surface area contributed by atoms with E-state index in [1.165, 1.54) is 0 Å². The lowest BCUT2D eigenvalue weighted by Gasteiger charge is -2.21. The molecule has 0 bridgehead atoms. The summed E-state index contributed by atoms with van der Waals surface area (Å²) < 4.78 is 5.13. The van der Waals surface area contributed by atoms with Crippen LogP contribution in [0.2, 0.25) is 0 Å². The van der Waals surface area contributed by atoms with Gasteiger partial charge in [-0.05, 0) is 20.8 Å². The highest BCUT2D eigenvalue weighted by Crippen LogP contribution is 2.27. The molecule has 5 nitrogen and oxygen atoms in total. The topological polar surface area (TPSA) is 72.5 Å². The molecule has 0 unspecified atom stereocenters. The number of esters is 1. The molecule has 22 heavy (non-hydrogen) atoms. The second kappa shape index (κ2) is 5.93. The van der Waals surface area contributed by atoms with Gasteiger partial charge in [0.05, 0.1) is 0 Å². The van der Waals surface area contributed by atoms with Crippen LogP contribution in [0.15, 0.2) is 35.0 Å². The third kappa shape index (κ3) is 3.36. The van der Waals surface area contributed by atoms with Crippen LogP contribution in [0, 0.1) is 0 Å². The van der Waals surface area contributed by atoms with Crippen molar-refractivity contribution in [2.24, 2.45) is 0 Å². The fourth-order valence-corrected chi connectivity index (χ4v) is 2.30. The standard InChI is InChI=1S/C16H16ClNO4/c1-16(2,3)22-11(19)8-18-13-12(17)14(20)9-6-4-5-7-10(9)15(13)21/h4-7,18H,8H2,1-3H3. The van der Waals surface area contributed by atoms with Crippen LogP contribution < -0.4 is 5.32 Å². The van der Waals surface area contributed by atoms with E-state index >= 15 is 0 Å². The lowest BCUT2D eigenvalue weighted by Crippen LogP contribution is -2.35. The van der Waals surface area contributed by atoms with Gasteiger partial charge in [0.25, 0.3) is 0 Å². The van der Waals surface area contributed by atoms with E-state index in [1.54, 1.807) is 45.0 Å². The SMILES string of the molecule is CC(C)(C)OC(=O)CNC1=C(Cl)C(=O)c2ccccc2C1=O. The molecule has 6 heteroatoms. The number of Topliss-reactive ketones (excluding diaryl/α,β-unsaturated/α-hetero) is 2. The predicted octanol–water partition coefficient (Wildman–Crippen LogP) is 2.45. The number of hydrogen-bond donors (Lipinski definition) is 1. The smallest absolute Gasteiger partial charge is 0.325 e. The molecule has 0 aliphatic heterocycles. The average molecular weight is 322 g/mol. The first-order valence-corrected chi connectivity index (χ1v) is 7.12. The molecule has 0 saturated carbocycles. The number of ether oxygens (including phenoxy) is 1. The van der Waals surface area contributed by atoms with E-state index in [9.17, 15) is 14.4 Å². The van der Waals surface area contributed by atoms with Crippen molar-refractivity contribution in [3.63, 3.8) is 0 Å². The van der Waals surface area contributed by atoms with Gasteiger partial charge in [-0.2, -0.15) is 0 Å². The molecule has 116 valence electrons. The number of fused-ring (bicyclic) bond motifs is 1. The minimum atomic E-state index is -0.629. The maximum Gasteiger partial charge on any atom is 0.325 e. The second-order valence-corrected chi connectivity index (χ2v) is 6.21. The Morgan fingerprint density at radius 3 is 2.23 bits per heavy atom. The molecule has 2 rings (SSSR count). The van der Waals surface area contributed by atoms with Crippen LogP contribution in [0.4, 0.5) is 0 Å². The molecular formula is C16H16ClNO4. The Kier molecular flexibility index (Phi) is 4.37. The molecule has 1 aliphatic carbocycles. The predicted molar refractivity (Wildman–Crippen MR) is 81.8 cm³/mol. The molecule has 1 aromatic rings. The van der Waals surface area contributed by atoms with Crippen molar-refractivity contribution in [3.05, 3.63) is 46.1 Å². The van der Waals surface area contributed by atoms with Crippen LogP contribution in [0.5, 0.6) is 0 Å². The van der Waals surface area contributed by atoms with Gasteiger partial charge in [-0.25, -0.2) is 0 Å². The molecule has 0 fully saturated rings. The minimum Gasteiger partial charge on any atom is -0.459 e. The zero-order chi connectivity index (χ0) is 16.5. The summed E-state index contributed by atoms with van der Waals surface area (Å²) in [7, 11) is 0. The largest absolute Gasteiger partial charge is 0.459 e. The van der Waals surface area contributed by atoms with Crippen molar-refractivity contribution >= 4 is 29.1 Å². The molecule has 0 amide bonds. The van der Waals surface area contributed by atoms with Crippen molar-refractivity contribution in [2.45, 2.75) is 26.4 Å². The van der Waals surface area contributed by atoms with Crippen LogP contribution in [0.1, 0.15) is 41.5 Å². The first-order chi connectivity index (χ1) is 10.2. The summed E-state index contributed by atoms with van der Waals surface area (Å²) in [5.74, 6) is -1.39. The normalized spacial score (nSPS) is 14.7. The second-order valence-electron chi connectivity index (χ2n) is 5.83. The molecule has 0 saturated heterocycles. The van der Waals surface area contributed by atoms with E-state index in [-0.39, 0.29) is 28.4 Å². The van der Waals surface area contributed by atoms with Crippen molar-refractivity contribution in [3.8, 4) is 0 Å². The van der Waals surface area contributed by atoms with Gasteiger partial charge in [0.15, 0.2) is 0 Å². The minimum absolute atomic E-state index is 0.0729. The van der Waals surface area contributed by atoms with E-state index in [0.29, 0.717) is 0 Å². The highest BCUT2D eigenvalue weighted by molar-refractivity contribution is 6.49. The number of nitrogens with one attached hydrogen (secondary N) is 1. The van der Waals surface area contributed by atoms with Crippen molar-refractivity contribution in [1.29, 1.82) is 0 Å². The Bertz CT molecular complexity index is 686. The quantitative estimate of drug-likeness (QED) is 0.866. The summed E-state index contributed by atoms with van der Waals surface area (Å²) >= 11 is 5.97. The highest BCUT2D eigenvalue weighted by Gasteiger charge is 2.31. The molecule has 0 radical (unpaired) electrons. The lowest BCUT2D eigenvalue weighted by atomic mass is 9.92. The van der Waals surface area contributed by atoms with E-state index in [4.69, 9.17) is 16.3 Å². The van der Waals surface area contributed by atoms with Gasteiger partial charge in [-0.1, -0.05) is 35.9 Å². The van der Waals surface area contributed by atoms with Crippen LogP contribution in [0.3, 0.4) is 0 Å². The van der Waals surface area contributed by atoms with Crippen LogP contribution >= 0.6 is 11.6 Å². The van der Waals surface area contributed by atoms with Gasteiger partial charge in [0.2, 0.25) is 11.6 Å². The summed E-state index contributed by atoms with van der Waals surface area (Å²) in [6.45, 7) is 4.97. The molecule has 1 aliphatic rings. The first-order valence-electron chi connectivity index (χ1n) is 6.74. The molecule has 0 atom stereocenters. The molecule has 0 heterocycles. The fourth-order valence-electron chi connectivity index (χ4n) is 2.04. The number of ketones is 2. The van der Waals surface area contributed by atoms with E-state index in [0.717, 1.165) is 0 Å². The molecular weight excluding hydrogens is 306 g/mol. The van der Waals surface area contributed by atoms with Crippen molar-refractivity contribution in [2.75, 3.05) is 6.54 Å². The first kappa shape index (κ1) is 16.2. The van der Waals surface area contributed by atoms with Gasteiger partial charge in [0.1, 0.15) is 22.9 Å². The Labute approximate surface area is 133 Å². The number of rotatable bonds is 3. The molecule has 1 N–H and O–H groups in total. The third-order valence-electron chi connectivity index (χ3n) is 2.89. The number of carbonyl (C=O) groups is 3. The van der Waals surface area contributed by atoms with E-state index in [2.05, 4.69) is 5.32 Å².